The van der Waals surface area contributed by atoms with Gasteiger partial charge in [-0.2, -0.15) is 0 Å². The van der Waals surface area contributed by atoms with E-state index in [2.05, 4.69) is 5.32 Å². The lowest BCUT2D eigenvalue weighted by Crippen LogP contribution is -2.28. The van der Waals surface area contributed by atoms with E-state index in [1.807, 2.05) is 18.2 Å². The van der Waals surface area contributed by atoms with Gasteiger partial charge < -0.3 is 15.0 Å². The second-order valence-electron chi connectivity index (χ2n) is 5.90. The predicted molar refractivity (Wildman–Crippen MR) is 92.9 cm³/mol. The Labute approximate surface area is 149 Å². The van der Waals surface area contributed by atoms with Gasteiger partial charge in [-0.05, 0) is 36.4 Å². The van der Waals surface area contributed by atoms with E-state index in [1.54, 1.807) is 12.1 Å². The highest BCUT2D eigenvalue weighted by Gasteiger charge is 2.36. The minimum absolute atomic E-state index is 0.0489. The molecule has 3 rings (SSSR count). The van der Waals surface area contributed by atoms with Crippen molar-refractivity contribution >= 4 is 29.2 Å². The zero-order valence-corrected chi connectivity index (χ0v) is 13.9. The van der Waals surface area contributed by atoms with Crippen LogP contribution in [0.4, 0.5) is 15.8 Å². The summed E-state index contributed by atoms with van der Waals surface area (Å²) < 4.78 is 17.8. The third-order valence-electron chi connectivity index (χ3n) is 4.00. The molecule has 0 bridgehead atoms. The van der Waals surface area contributed by atoms with E-state index in [-0.39, 0.29) is 18.9 Å². The number of rotatable bonds is 5. The van der Waals surface area contributed by atoms with Crippen molar-refractivity contribution in [1.82, 2.24) is 0 Å². The van der Waals surface area contributed by atoms with Gasteiger partial charge in [0.15, 0.2) is 6.61 Å². The monoisotopic (exact) mass is 356 g/mol. The Bertz CT molecular complexity index is 808. The fourth-order valence-electron chi connectivity index (χ4n) is 2.71. The molecule has 0 spiro atoms. The lowest BCUT2D eigenvalue weighted by Gasteiger charge is -2.16. The van der Waals surface area contributed by atoms with Gasteiger partial charge in [0.2, 0.25) is 5.91 Å². The Kier molecular flexibility index (Phi) is 5.26. The molecule has 0 unspecified atom stereocenters. The zero-order valence-electron chi connectivity index (χ0n) is 13.9. The molecular weight excluding hydrogens is 339 g/mol. The largest absolute Gasteiger partial charge is 0.455 e. The van der Waals surface area contributed by atoms with Crippen LogP contribution in [0.15, 0.2) is 54.6 Å². The van der Waals surface area contributed by atoms with Crippen LogP contribution in [-0.2, 0) is 19.1 Å². The Morgan fingerprint density at radius 3 is 2.50 bits per heavy atom. The van der Waals surface area contributed by atoms with Gasteiger partial charge >= 0.3 is 5.97 Å². The first-order valence-electron chi connectivity index (χ1n) is 8.10. The molecule has 1 saturated heterocycles. The number of anilines is 2. The number of para-hydroxylation sites is 1. The number of hydrogen-bond donors (Lipinski definition) is 1. The molecule has 2 aromatic carbocycles. The van der Waals surface area contributed by atoms with Gasteiger partial charge in [0.25, 0.3) is 5.91 Å². The summed E-state index contributed by atoms with van der Waals surface area (Å²) in [6.07, 6.45) is 0.0489. The number of nitrogens with one attached hydrogen (secondary N) is 1. The number of ether oxygens (including phenoxy) is 1. The molecule has 0 saturated carbocycles. The first-order chi connectivity index (χ1) is 12.5. The lowest BCUT2D eigenvalue weighted by molar-refractivity contribution is -0.151. The van der Waals surface area contributed by atoms with E-state index in [4.69, 9.17) is 4.74 Å². The molecule has 1 atom stereocenters. The molecule has 0 radical (unpaired) electrons. The summed E-state index contributed by atoms with van der Waals surface area (Å²) >= 11 is 0. The molecule has 1 aliphatic rings. The molecule has 1 heterocycles. The first kappa shape index (κ1) is 17.6. The van der Waals surface area contributed by atoms with Crippen molar-refractivity contribution < 1.29 is 23.5 Å². The molecule has 6 nitrogen and oxygen atoms in total. The summed E-state index contributed by atoms with van der Waals surface area (Å²) in [6, 6.07) is 14.3. The third-order valence-corrected chi connectivity index (χ3v) is 4.00. The predicted octanol–water partition coefficient (Wildman–Crippen LogP) is 2.36. The summed E-state index contributed by atoms with van der Waals surface area (Å²) in [4.78, 5) is 37.6. The number of halogens is 1. The van der Waals surface area contributed by atoms with Crippen molar-refractivity contribution in [1.29, 1.82) is 0 Å². The van der Waals surface area contributed by atoms with E-state index in [0.717, 1.165) is 5.69 Å². The number of esters is 1. The van der Waals surface area contributed by atoms with Gasteiger partial charge in [-0.15, -0.1) is 0 Å². The van der Waals surface area contributed by atoms with Crippen molar-refractivity contribution in [3.8, 4) is 0 Å². The topological polar surface area (TPSA) is 75.7 Å². The molecule has 1 fully saturated rings. The number of carbonyl (C=O) groups excluding carboxylic acids is 3. The molecule has 0 aromatic heterocycles. The van der Waals surface area contributed by atoms with Crippen LogP contribution in [0.1, 0.15) is 6.42 Å². The molecule has 1 aliphatic heterocycles. The van der Waals surface area contributed by atoms with Crippen LogP contribution < -0.4 is 10.2 Å². The van der Waals surface area contributed by atoms with Crippen LogP contribution in [0.5, 0.6) is 0 Å². The zero-order chi connectivity index (χ0) is 18.5. The summed E-state index contributed by atoms with van der Waals surface area (Å²) in [7, 11) is 0. The van der Waals surface area contributed by atoms with Crippen molar-refractivity contribution in [3.05, 3.63) is 60.4 Å². The molecule has 0 aliphatic carbocycles. The van der Waals surface area contributed by atoms with Crippen molar-refractivity contribution in [3.63, 3.8) is 0 Å². The molecule has 2 amide bonds. The number of benzene rings is 2. The number of hydrogen-bond acceptors (Lipinski definition) is 4. The minimum atomic E-state index is -0.610. The summed E-state index contributed by atoms with van der Waals surface area (Å²) in [5.74, 6) is -2.31. The lowest BCUT2D eigenvalue weighted by atomic mass is 10.1. The highest BCUT2D eigenvalue weighted by molar-refractivity contribution is 6.00. The van der Waals surface area contributed by atoms with Crippen molar-refractivity contribution in [2.75, 3.05) is 23.4 Å². The van der Waals surface area contributed by atoms with Crippen LogP contribution in [0.2, 0.25) is 0 Å². The first-order valence-corrected chi connectivity index (χ1v) is 8.10. The molecule has 2 aromatic rings. The van der Waals surface area contributed by atoms with Gasteiger partial charge in [0.05, 0.1) is 5.92 Å². The summed E-state index contributed by atoms with van der Waals surface area (Å²) in [5.41, 5.74) is 1.13. The Balaban J connectivity index is 1.50. The molecular formula is C19H17FN2O4. The molecule has 1 N–H and O–H groups in total. The van der Waals surface area contributed by atoms with Crippen LogP contribution in [0.25, 0.3) is 0 Å². The summed E-state index contributed by atoms with van der Waals surface area (Å²) in [5, 5.41) is 2.50. The molecule has 26 heavy (non-hydrogen) atoms. The standard InChI is InChI=1S/C19H17FN2O4/c20-14-6-8-15(9-7-14)21-17(23)12-26-19(25)13-10-18(24)22(11-13)16-4-2-1-3-5-16/h1-9,13H,10-12H2,(H,21,23)/t13-/m1/s1. The van der Waals surface area contributed by atoms with Gasteiger partial charge in [0.1, 0.15) is 5.82 Å². The average molecular weight is 356 g/mol. The van der Waals surface area contributed by atoms with Crippen LogP contribution in [0, 0.1) is 11.7 Å². The van der Waals surface area contributed by atoms with Gasteiger partial charge in [-0.1, -0.05) is 18.2 Å². The molecule has 134 valence electrons. The average Bonchev–Trinajstić information content (AvgIpc) is 3.04. The van der Waals surface area contributed by atoms with Crippen molar-refractivity contribution in [2.24, 2.45) is 5.92 Å². The maximum absolute atomic E-state index is 12.8. The highest BCUT2D eigenvalue weighted by Crippen LogP contribution is 2.25. The van der Waals surface area contributed by atoms with Gasteiger partial charge in [-0.25, -0.2) is 4.39 Å². The summed E-state index contributed by atoms with van der Waals surface area (Å²) in [6.45, 7) is -0.243. The maximum Gasteiger partial charge on any atom is 0.311 e. The third kappa shape index (κ3) is 4.24. The number of nitrogens with zero attached hydrogens (tertiary/aromatic N) is 1. The Morgan fingerprint density at radius 1 is 1.12 bits per heavy atom. The van der Waals surface area contributed by atoms with E-state index in [0.29, 0.717) is 5.69 Å². The quantitative estimate of drug-likeness (QED) is 0.835. The van der Waals surface area contributed by atoms with E-state index in [9.17, 15) is 18.8 Å². The highest BCUT2D eigenvalue weighted by atomic mass is 19.1. The number of amides is 2. The maximum atomic E-state index is 12.8. The van der Waals surface area contributed by atoms with Gasteiger partial charge in [-0.3, -0.25) is 14.4 Å². The van der Waals surface area contributed by atoms with Crippen LogP contribution in [0.3, 0.4) is 0 Å². The molecule has 7 heteroatoms. The smallest absolute Gasteiger partial charge is 0.311 e. The van der Waals surface area contributed by atoms with Crippen LogP contribution >= 0.6 is 0 Å². The van der Waals surface area contributed by atoms with E-state index >= 15 is 0 Å². The second-order valence-corrected chi connectivity index (χ2v) is 5.90. The van der Waals surface area contributed by atoms with E-state index in [1.165, 1.54) is 29.2 Å². The normalized spacial score (nSPS) is 16.4. The Morgan fingerprint density at radius 2 is 1.81 bits per heavy atom. The second kappa shape index (κ2) is 7.77. The fraction of sp³-hybridized carbons (Fsp3) is 0.211. The number of carbonyl (C=O) groups is 3. The van der Waals surface area contributed by atoms with E-state index < -0.39 is 30.2 Å². The van der Waals surface area contributed by atoms with Crippen molar-refractivity contribution in [2.45, 2.75) is 6.42 Å². The Hall–Kier alpha value is -3.22. The minimum Gasteiger partial charge on any atom is -0.455 e. The SMILES string of the molecule is O=C(COC(=O)[C@@H]1CC(=O)N(c2ccccc2)C1)Nc1ccc(F)cc1. The fourth-order valence-corrected chi connectivity index (χ4v) is 2.71. The van der Waals surface area contributed by atoms with Crippen LogP contribution in [-0.4, -0.2) is 30.9 Å². The van der Waals surface area contributed by atoms with Gasteiger partial charge in [0, 0.05) is 24.3 Å².